The molecule has 8 nitrogen and oxygen atoms in total. The molecule has 6 rings (SSSR count). The molecule has 1 saturated heterocycles. The number of pyridine rings is 1. The fourth-order valence-corrected chi connectivity index (χ4v) is 5.36. The smallest absolute Gasteiger partial charge is 0.260 e. The lowest BCUT2D eigenvalue weighted by Gasteiger charge is -2.23. The molecular weight excluding hydrogens is 547 g/mol. The zero-order valence-corrected chi connectivity index (χ0v) is 23.3. The Labute approximate surface area is 241 Å². The summed E-state index contributed by atoms with van der Waals surface area (Å²) in [6.45, 7) is 3.52. The van der Waals surface area contributed by atoms with Gasteiger partial charge < -0.3 is 10.1 Å². The highest BCUT2D eigenvalue weighted by molar-refractivity contribution is 6.33. The van der Waals surface area contributed by atoms with Crippen LogP contribution in [0.3, 0.4) is 0 Å². The average molecular weight is 573 g/mol. The van der Waals surface area contributed by atoms with Crippen molar-refractivity contribution in [3.8, 4) is 22.4 Å². The largest absolute Gasteiger partial charge is 0.381 e. The van der Waals surface area contributed by atoms with Gasteiger partial charge in [0.05, 0.1) is 24.1 Å². The molecule has 2 aromatic carbocycles. The van der Waals surface area contributed by atoms with Gasteiger partial charge in [-0.1, -0.05) is 53.5 Å². The Balaban J connectivity index is 1.46. The minimum Gasteiger partial charge on any atom is -0.381 e. The van der Waals surface area contributed by atoms with Crippen LogP contribution in [0.5, 0.6) is 0 Å². The fraction of sp³-hybridized carbons (Fsp3) is 0.233. The number of benzene rings is 2. The van der Waals surface area contributed by atoms with E-state index in [1.54, 1.807) is 35.3 Å². The van der Waals surface area contributed by atoms with Gasteiger partial charge in [-0.3, -0.25) is 14.3 Å². The van der Waals surface area contributed by atoms with Crippen LogP contribution in [-0.2, 0) is 11.3 Å². The van der Waals surface area contributed by atoms with Gasteiger partial charge in [-0.15, -0.1) is 0 Å². The van der Waals surface area contributed by atoms with E-state index in [-0.39, 0.29) is 18.1 Å². The first-order valence-corrected chi connectivity index (χ1v) is 13.8. The van der Waals surface area contributed by atoms with E-state index in [1.165, 1.54) is 0 Å². The molecule has 40 heavy (non-hydrogen) atoms. The predicted octanol–water partition coefficient (Wildman–Crippen LogP) is 6.17. The molecule has 1 N–H and O–H groups in total. The van der Waals surface area contributed by atoms with Gasteiger partial charge in [0.15, 0.2) is 0 Å². The van der Waals surface area contributed by atoms with Gasteiger partial charge in [-0.25, -0.2) is 9.97 Å². The minimum atomic E-state index is -0.229. The van der Waals surface area contributed by atoms with Crippen LogP contribution >= 0.6 is 23.2 Å². The third kappa shape index (κ3) is 5.43. The summed E-state index contributed by atoms with van der Waals surface area (Å²) in [5, 5.41) is 5.12. The van der Waals surface area contributed by atoms with E-state index in [0.717, 1.165) is 29.7 Å². The summed E-state index contributed by atoms with van der Waals surface area (Å²) in [5.74, 6) is 0.473. The van der Waals surface area contributed by atoms with Crippen molar-refractivity contribution < 1.29 is 4.74 Å². The van der Waals surface area contributed by atoms with Crippen molar-refractivity contribution in [3.63, 3.8) is 0 Å². The molecule has 202 valence electrons. The second kappa shape index (κ2) is 11.3. The molecule has 4 heterocycles. The van der Waals surface area contributed by atoms with Crippen LogP contribution < -0.4 is 10.9 Å². The average Bonchev–Trinajstić information content (AvgIpc) is 2.96. The molecule has 0 spiro atoms. The number of halogens is 2. The van der Waals surface area contributed by atoms with Gasteiger partial charge in [0.25, 0.3) is 5.56 Å². The molecule has 0 aliphatic carbocycles. The Bertz CT molecular complexity index is 1770. The van der Waals surface area contributed by atoms with E-state index in [4.69, 9.17) is 32.9 Å². The summed E-state index contributed by atoms with van der Waals surface area (Å²) < 4.78 is 7.10. The van der Waals surface area contributed by atoms with Gasteiger partial charge in [-0.2, -0.15) is 4.98 Å². The summed E-state index contributed by atoms with van der Waals surface area (Å²) >= 11 is 13.3. The van der Waals surface area contributed by atoms with Crippen LogP contribution in [0.15, 0.2) is 71.9 Å². The molecule has 0 bridgehead atoms. The Morgan fingerprint density at radius 3 is 2.58 bits per heavy atom. The van der Waals surface area contributed by atoms with Crippen LogP contribution in [0, 0.1) is 6.92 Å². The Hall–Kier alpha value is -3.85. The lowest BCUT2D eigenvalue weighted by atomic mass is 10.0. The number of anilines is 1. The molecule has 0 saturated carbocycles. The maximum absolute atomic E-state index is 14.1. The van der Waals surface area contributed by atoms with Crippen molar-refractivity contribution in [1.82, 2.24) is 24.5 Å². The molecule has 0 radical (unpaired) electrons. The van der Waals surface area contributed by atoms with Crippen molar-refractivity contribution in [2.24, 2.45) is 0 Å². The number of ether oxygens (including phenoxy) is 1. The van der Waals surface area contributed by atoms with Crippen LogP contribution in [0.1, 0.15) is 24.1 Å². The first-order valence-electron chi connectivity index (χ1n) is 13.0. The van der Waals surface area contributed by atoms with E-state index in [9.17, 15) is 4.79 Å². The molecule has 0 atom stereocenters. The van der Waals surface area contributed by atoms with Crippen molar-refractivity contribution in [1.29, 1.82) is 0 Å². The number of nitrogens with zero attached hydrogens (tertiary/aromatic N) is 5. The number of hydrogen-bond acceptors (Lipinski definition) is 7. The topological polar surface area (TPSA) is 94.8 Å². The van der Waals surface area contributed by atoms with Gasteiger partial charge in [0.2, 0.25) is 5.95 Å². The van der Waals surface area contributed by atoms with Crippen molar-refractivity contribution in [2.45, 2.75) is 32.4 Å². The second-order valence-corrected chi connectivity index (χ2v) is 10.6. The van der Waals surface area contributed by atoms with Crippen LogP contribution in [0.4, 0.5) is 5.95 Å². The molecule has 1 aliphatic rings. The number of nitrogens with one attached hydrogen (secondary N) is 1. The SMILES string of the molecule is Cc1cncc(-c2ccc(-c3cc4cnc(NC5CCOCC5)nc4n(Cc4ccccc4Cl)c3=O)c(Cl)c2)n1. The van der Waals surface area contributed by atoms with Gasteiger partial charge >= 0.3 is 0 Å². The van der Waals surface area contributed by atoms with Crippen molar-refractivity contribution in [3.05, 3.63) is 98.8 Å². The maximum Gasteiger partial charge on any atom is 0.260 e. The number of aryl methyl sites for hydroxylation is 1. The van der Waals surface area contributed by atoms with E-state index in [0.29, 0.717) is 57.1 Å². The molecule has 3 aromatic heterocycles. The standard InChI is InChI=1S/C30H26Cl2N6O2/c1-18-14-33-16-27(35-18)19-6-7-23(26(32)13-19)24-12-21-15-34-30(36-22-8-10-40-11-9-22)37-28(21)38(29(24)39)17-20-4-2-3-5-25(20)31/h2-7,12-16,22H,8-11,17H2,1H3,(H,34,36,37). The summed E-state index contributed by atoms with van der Waals surface area (Å²) in [4.78, 5) is 32.2. The third-order valence-corrected chi connectivity index (χ3v) is 7.66. The zero-order valence-electron chi connectivity index (χ0n) is 21.8. The van der Waals surface area contributed by atoms with Crippen LogP contribution in [0.25, 0.3) is 33.4 Å². The number of hydrogen-bond donors (Lipinski definition) is 1. The van der Waals surface area contributed by atoms with E-state index in [1.807, 2.05) is 43.3 Å². The van der Waals surface area contributed by atoms with Crippen molar-refractivity contribution >= 4 is 40.2 Å². The van der Waals surface area contributed by atoms with Crippen LogP contribution in [0.2, 0.25) is 10.0 Å². The maximum atomic E-state index is 14.1. The highest BCUT2D eigenvalue weighted by Gasteiger charge is 2.19. The first-order chi connectivity index (χ1) is 19.5. The number of fused-ring (bicyclic) bond motifs is 1. The minimum absolute atomic E-state index is 0.213. The molecule has 10 heteroatoms. The summed E-state index contributed by atoms with van der Waals surface area (Å²) in [6, 6.07) is 15.0. The van der Waals surface area contributed by atoms with E-state index < -0.39 is 0 Å². The lowest BCUT2D eigenvalue weighted by Crippen LogP contribution is -2.29. The number of rotatable bonds is 6. The zero-order chi connectivity index (χ0) is 27.6. The lowest BCUT2D eigenvalue weighted by molar-refractivity contribution is 0.0903. The Kier molecular flexibility index (Phi) is 7.47. The molecule has 0 unspecified atom stereocenters. The van der Waals surface area contributed by atoms with Gasteiger partial charge in [-0.05, 0) is 43.5 Å². The summed E-state index contributed by atoms with van der Waals surface area (Å²) in [7, 11) is 0. The number of aromatic nitrogens is 5. The highest BCUT2D eigenvalue weighted by atomic mass is 35.5. The molecule has 5 aromatic rings. The van der Waals surface area contributed by atoms with Gasteiger partial charge in [0, 0.05) is 63.8 Å². The molecular formula is C30H26Cl2N6O2. The first kappa shape index (κ1) is 26.4. The second-order valence-electron chi connectivity index (χ2n) is 9.78. The van der Waals surface area contributed by atoms with E-state index >= 15 is 0 Å². The summed E-state index contributed by atoms with van der Waals surface area (Å²) in [5.41, 5.74) is 4.47. The molecule has 1 aliphatic heterocycles. The quantitative estimate of drug-likeness (QED) is 0.260. The summed E-state index contributed by atoms with van der Waals surface area (Å²) in [6.07, 6.45) is 6.86. The Morgan fingerprint density at radius 2 is 1.80 bits per heavy atom. The normalized spacial score (nSPS) is 14.0. The predicted molar refractivity (Wildman–Crippen MR) is 158 cm³/mol. The van der Waals surface area contributed by atoms with Crippen LogP contribution in [-0.4, -0.2) is 43.8 Å². The highest BCUT2D eigenvalue weighted by Crippen LogP contribution is 2.32. The molecule has 0 amide bonds. The fourth-order valence-electron chi connectivity index (χ4n) is 4.89. The molecule has 1 fully saturated rings. The monoisotopic (exact) mass is 572 g/mol. The third-order valence-electron chi connectivity index (χ3n) is 6.98. The van der Waals surface area contributed by atoms with E-state index in [2.05, 4.69) is 20.3 Å². The Morgan fingerprint density at radius 1 is 0.975 bits per heavy atom. The van der Waals surface area contributed by atoms with Gasteiger partial charge in [0.1, 0.15) is 5.65 Å². The van der Waals surface area contributed by atoms with Crippen molar-refractivity contribution in [2.75, 3.05) is 18.5 Å².